The van der Waals surface area contributed by atoms with E-state index in [9.17, 15) is 13.6 Å². The Balaban J connectivity index is 1.84. The Morgan fingerprint density at radius 1 is 0.929 bits per heavy atom. The lowest BCUT2D eigenvalue weighted by atomic mass is 9.80. The van der Waals surface area contributed by atoms with Gasteiger partial charge >= 0.3 is 5.97 Å². The molecule has 0 amide bonds. The molecule has 1 saturated carbocycles. The summed E-state index contributed by atoms with van der Waals surface area (Å²) in [5.74, 6) is -2.75. The molecule has 1 aromatic carbocycles. The maximum atomic E-state index is 14.3. The third-order valence-electron chi connectivity index (χ3n) is 5.60. The second-order valence-corrected chi connectivity index (χ2v) is 7.88. The molecule has 0 bridgehead atoms. The first-order chi connectivity index (χ1) is 13.6. The van der Waals surface area contributed by atoms with E-state index in [-0.39, 0.29) is 17.4 Å². The summed E-state index contributed by atoms with van der Waals surface area (Å²) in [5, 5.41) is 0. The molecule has 0 heterocycles. The number of hydrogen-bond acceptors (Lipinski definition) is 3. The molecular weight excluding hydrogens is 362 g/mol. The van der Waals surface area contributed by atoms with Crippen LogP contribution in [0.5, 0.6) is 11.5 Å². The van der Waals surface area contributed by atoms with Crippen molar-refractivity contribution < 1.29 is 23.0 Å². The Hall–Kier alpha value is -1.65. The summed E-state index contributed by atoms with van der Waals surface area (Å²) < 4.78 is 39.1. The largest absolute Gasteiger partial charge is 0.490 e. The van der Waals surface area contributed by atoms with Crippen molar-refractivity contribution in [1.29, 1.82) is 0 Å². The van der Waals surface area contributed by atoms with Gasteiger partial charge in [0.15, 0.2) is 11.5 Å². The lowest BCUT2D eigenvalue weighted by Gasteiger charge is -2.26. The standard InChI is InChI=1S/C23H34F2O3/c1-3-5-6-7-8-16-27-19-14-15-20(22(25)21(19)24)28-23(26)18-12-10-17(9-4-2)11-13-18/h14-15,17-18H,3-13,16H2,1-2H3. The highest BCUT2D eigenvalue weighted by molar-refractivity contribution is 5.75. The van der Waals surface area contributed by atoms with E-state index in [4.69, 9.17) is 9.47 Å². The van der Waals surface area contributed by atoms with Gasteiger partial charge in [-0.05, 0) is 50.2 Å². The monoisotopic (exact) mass is 396 g/mol. The maximum Gasteiger partial charge on any atom is 0.314 e. The number of rotatable bonds is 11. The van der Waals surface area contributed by atoms with E-state index in [1.807, 2.05) is 0 Å². The first-order valence-electron chi connectivity index (χ1n) is 10.9. The van der Waals surface area contributed by atoms with Crippen LogP contribution in [0, 0.1) is 23.5 Å². The molecule has 0 saturated heterocycles. The van der Waals surface area contributed by atoms with Gasteiger partial charge < -0.3 is 9.47 Å². The molecule has 0 atom stereocenters. The smallest absolute Gasteiger partial charge is 0.314 e. The van der Waals surface area contributed by atoms with Crippen LogP contribution in [-0.2, 0) is 4.79 Å². The Labute approximate surface area is 167 Å². The van der Waals surface area contributed by atoms with Gasteiger partial charge in [-0.1, -0.05) is 52.4 Å². The third kappa shape index (κ3) is 6.75. The number of halogens is 2. The molecule has 0 radical (unpaired) electrons. The highest BCUT2D eigenvalue weighted by atomic mass is 19.2. The first kappa shape index (κ1) is 22.6. The number of esters is 1. The lowest BCUT2D eigenvalue weighted by molar-refractivity contribution is -0.140. The van der Waals surface area contributed by atoms with Crippen LogP contribution >= 0.6 is 0 Å². The normalized spacial score (nSPS) is 19.4. The first-order valence-corrected chi connectivity index (χ1v) is 10.9. The van der Waals surface area contributed by atoms with Crippen LogP contribution in [0.25, 0.3) is 0 Å². The van der Waals surface area contributed by atoms with Crippen molar-refractivity contribution in [2.75, 3.05) is 6.61 Å². The Morgan fingerprint density at radius 2 is 1.57 bits per heavy atom. The van der Waals surface area contributed by atoms with Crippen LogP contribution in [0.3, 0.4) is 0 Å². The Bertz CT molecular complexity index is 610. The molecule has 1 fully saturated rings. The van der Waals surface area contributed by atoms with Gasteiger partial charge in [-0.2, -0.15) is 8.78 Å². The van der Waals surface area contributed by atoms with Crippen molar-refractivity contribution in [3.05, 3.63) is 23.8 Å². The van der Waals surface area contributed by atoms with Crippen LogP contribution in [0.1, 0.15) is 84.5 Å². The van der Waals surface area contributed by atoms with E-state index in [0.29, 0.717) is 12.5 Å². The quantitative estimate of drug-likeness (QED) is 0.234. The molecule has 1 aliphatic rings. The fourth-order valence-corrected chi connectivity index (χ4v) is 3.88. The van der Waals surface area contributed by atoms with E-state index in [1.165, 1.54) is 25.0 Å². The van der Waals surface area contributed by atoms with Crippen molar-refractivity contribution in [1.82, 2.24) is 0 Å². The predicted molar refractivity (Wildman–Crippen MR) is 107 cm³/mol. The molecule has 1 aliphatic carbocycles. The van der Waals surface area contributed by atoms with E-state index < -0.39 is 17.6 Å². The second-order valence-electron chi connectivity index (χ2n) is 7.88. The Morgan fingerprint density at radius 3 is 2.25 bits per heavy atom. The van der Waals surface area contributed by atoms with Gasteiger partial charge in [0.1, 0.15) is 0 Å². The van der Waals surface area contributed by atoms with E-state index in [1.54, 1.807) is 0 Å². The highest BCUT2D eigenvalue weighted by Crippen LogP contribution is 2.34. The number of benzene rings is 1. The minimum atomic E-state index is -1.16. The van der Waals surface area contributed by atoms with Gasteiger partial charge in [0.05, 0.1) is 12.5 Å². The van der Waals surface area contributed by atoms with Crippen LogP contribution in [0.2, 0.25) is 0 Å². The second kappa shape index (κ2) is 12.0. The number of carbonyl (C=O) groups excluding carboxylic acids is 1. The molecule has 0 spiro atoms. The van der Waals surface area contributed by atoms with Crippen molar-refractivity contribution in [3.63, 3.8) is 0 Å². The number of ether oxygens (including phenoxy) is 2. The molecule has 5 heteroatoms. The molecule has 28 heavy (non-hydrogen) atoms. The zero-order valence-corrected chi connectivity index (χ0v) is 17.3. The third-order valence-corrected chi connectivity index (χ3v) is 5.60. The van der Waals surface area contributed by atoms with E-state index >= 15 is 0 Å². The number of carbonyl (C=O) groups is 1. The van der Waals surface area contributed by atoms with E-state index in [0.717, 1.165) is 57.8 Å². The molecule has 0 unspecified atom stereocenters. The highest BCUT2D eigenvalue weighted by Gasteiger charge is 2.28. The maximum absolute atomic E-state index is 14.3. The van der Waals surface area contributed by atoms with Crippen LogP contribution in [-0.4, -0.2) is 12.6 Å². The summed E-state index contributed by atoms with van der Waals surface area (Å²) in [6, 6.07) is 2.62. The van der Waals surface area contributed by atoms with Gasteiger partial charge in [0.25, 0.3) is 0 Å². The minimum Gasteiger partial charge on any atom is -0.490 e. The number of unbranched alkanes of at least 4 members (excludes halogenated alkanes) is 4. The van der Waals surface area contributed by atoms with Gasteiger partial charge in [-0.15, -0.1) is 0 Å². The summed E-state index contributed by atoms with van der Waals surface area (Å²) in [6.07, 6.45) is 11.1. The van der Waals surface area contributed by atoms with Gasteiger partial charge in [-0.3, -0.25) is 4.79 Å². The number of hydrogen-bond donors (Lipinski definition) is 0. The lowest BCUT2D eigenvalue weighted by Crippen LogP contribution is -2.26. The van der Waals surface area contributed by atoms with Crippen molar-refractivity contribution in [2.24, 2.45) is 11.8 Å². The topological polar surface area (TPSA) is 35.5 Å². The fourth-order valence-electron chi connectivity index (χ4n) is 3.88. The van der Waals surface area contributed by atoms with Gasteiger partial charge in [0, 0.05) is 0 Å². The molecule has 0 N–H and O–H groups in total. The summed E-state index contributed by atoms with van der Waals surface area (Å²) >= 11 is 0. The van der Waals surface area contributed by atoms with Crippen LogP contribution < -0.4 is 9.47 Å². The Kier molecular flexibility index (Phi) is 9.72. The molecule has 158 valence electrons. The van der Waals surface area contributed by atoms with Gasteiger partial charge in [-0.25, -0.2) is 0 Å². The average Bonchev–Trinajstić information content (AvgIpc) is 2.70. The molecule has 2 rings (SSSR count). The summed E-state index contributed by atoms with van der Waals surface area (Å²) in [4.78, 5) is 12.3. The zero-order valence-electron chi connectivity index (χ0n) is 17.3. The SMILES string of the molecule is CCCCCCCOc1ccc(OC(=O)C2CCC(CCC)CC2)c(F)c1F. The molecule has 1 aromatic rings. The minimum absolute atomic E-state index is 0.132. The zero-order chi connectivity index (χ0) is 20.4. The van der Waals surface area contributed by atoms with Crippen LogP contribution in [0.15, 0.2) is 12.1 Å². The molecule has 3 nitrogen and oxygen atoms in total. The van der Waals surface area contributed by atoms with Gasteiger partial charge in [0.2, 0.25) is 11.6 Å². The van der Waals surface area contributed by atoms with E-state index in [2.05, 4.69) is 13.8 Å². The van der Waals surface area contributed by atoms with Crippen molar-refractivity contribution in [3.8, 4) is 11.5 Å². The summed E-state index contributed by atoms with van der Waals surface area (Å²) in [7, 11) is 0. The molecule has 0 aliphatic heterocycles. The van der Waals surface area contributed by atoms with Crippen molar-refractivity contribution >= 4 is 5.97 Å². The predicted octanol–water partition coefficient (Wildman–Crippen LogP) is 6.83. The fraction of sp³-hybridized carbons (Fsp3) is 0.696. The molecule has 0 aromatic heterocycles. The molecular formula is C23H34F2O3. The van der Waals surface area contributed by atoms with Crippen LogP contribution in [0.4, 0.5) is 8.78 Å². The average molecular weight is 397 g/mol. The summed E-state index contributed by atoms with van der Waals surface area (Å²) in [6.45, 7) is 4.65. The summed E-state index contributed by atoms with van der Waals surface area (Å²) in [5.41, 5.74) is 0. The van der Waals surface area contributed by atoms with Crippen molar-refractivity contribution in [2.45, 2.75) is 84.5 Å².